The van der Waals surface area contributed by atoms with Gasteiger partial charge in [0.25, 0.3) is 5.91 Å². The Balaban J connectivity index is 1.75. The quantitative estimate of drug-likeness (QED) is 0.728. The first-order valence-electron chi connectivity index (χ1n) is 8.98. The number of hydrogen-bond donors (Lipinski definition) is 1. The normalized spacial score (nSPS) is 12.7. The van der Waals surface area contributed by atoms with Crippen LogP contribution in [0, 0.1) is 11.3 Å². The summed E-state index contributed by atoms with van der Waals surface area (Å²) in [4.78, 5) is 27.2. The molecule has 0 radical (unpaired) electrons. The highest BCUT2D eigenvalue weighted by Gasteiger charge is 2.28. The van der Waals surface area contributed by atoms with Gasteiger partial charge in [-0.1, -0.05) is 6.07 Å². The standard InChI is InChI=1S/C20H21N3O5S/c1-26-8-9-28-20(25)23-7-6-15-16(11-21)19(29-17(15)12-23)22-18(24)13-4-3-5-14(10-13)27-2/h3-5,10H,6-9,12H2,1-2H3,(H,22,24). The number of hydrogen-bond acceptors (Lipinski definition) is 7. The van der Waals surface area contributed by atoms with E-state index >= 15 is 0 Å². The molecule has 0 spiro atoms. The van der Waals surface area contributed by atoms with Gasteiger partial charge < -0.3 is 24.4 Å². The summed E-state index contributed by atoms with van der Waals surface area (Å²) in [6, 6.07) is 8.98. The van der Waals surface area contributed by atoms with E-state index in [4.69, 9.17) is 14.2 Å². The van der Waals surface area contributed by atoms with E-state index < -0.39 is 6.09 Å². The summed E-state index contributed by atoms with van der Waals surface area (Å²) in [5.41, 5.74) is 1.76. The van der Waals surface area contributed by atoms with E-state index in [2.05, 4.69) is 11.4 Å². The second kappa shape index (κ2) is 9.41. The third-order valence-electron chi connectivity index (χ3n) is 4.50. The number of carbonyl (C=O) groups excluding carboxylic acids is 2. The maximum atomic E-state index is 12.6. The number of ether oxygens (including phenoxy) is 3. The fourth-order valence-electron chi connectivity index (χ4n) is 3.01. The van der Waals surface area contributed by atoms with Crippen molar-refractivity contribution in [3.8, 4) is 11.8 Å². The van der Waals surface area contributed by atoms with Crippen LogP contribution in [0.15, 0.2) is 24.3 Å². The smallest absolute Gasteiger partial charge is 0.410 e. The number of anilines is 1. The Morgan fingerprint density at radius 2 is 2.14 bits per heavy atom. The molecule has 1 aromatic carbocycles. The zero-order valence-electron chi connectivity index (χ0n) is 16.2. The van der Waals surface area contributed by atoms with E-state index in [1.54, 1.807) is 29.2 Å². The second-order valence-electron chi connectivity index (χ2n) is 6.28. The minimum atomic E-state index is -0.415. The minimum absolute atomic E-state index is 0.189. The molecule has 2 amide bonds. The molecule has 0 atom stereocenters. The van der Waals surface area contributed by atoms with E-state index in [0.29, 0.717) is 48.0 Å². The molecule has 0 saturated carbocycles. The number of fused-ring (bicyclic) bond motifs is 1. The van der Waals surface area contributed by atoms with Crippen LogP contribution in [0.3, 0.4) is 0 Å². The van der Waals surface area contributed by atoms with Gasteiger partial charge in [-0.2, -0.15) is 5.26 Å². The summed E-state index contributed by atoms with van der Waals surface area (Å²) in [7, 11) is 3.07. The number of nitriles is 1. The van der Waals surface area contributed by atoms with Crippen molar-refractivity contribution in [1.82, 2.24) is 4.90 Å². The van der Waals surface area contributed by atoms with Gasteiger partial charge in [0.15, 0.2) is 0 Å². The Labute approximate surface area is 172 Å². The van der Waals surface area contributed by atoms with Gasteiger partial charge in [0.1, 0.15) is 23.4 Å². The summed E-state index contributed by atoms with van der Waals surface area (Å²) in [6.45, 7) is 1.32. The van der Waals surface area contributed by atoms with Crippen LogP contribution in [-0.4, -0.2) is 50.9 Å². The molecule has 3 rings (SSSR count). The van der Waals surface area contributed by atoms with Crippen molar-refractivity contribution in [1.29, 1.82) is 5.26 Å². The second-order valence-corrected chi connectivity index (χ2v) is 7.39. The number of rotatable bonds is 6. The molecule has 1 aliphatic rings. The average Bonchev–Trinajstić information content (AvgIpc) is 3.09. The summed E-state index contributed by atoms with van der Waals surface area (Å²) >= 11 is 1.31. The first-order chi connectivity index (χ1) is 14.1. The van der Waals surface area contributed by atoms with Crippen LogP contribution in [0.2, 0.25) is 0 Å². The highest BCUT2D eigenvalue weighted by atomic mass is 32.1. The van der Waals surface area contributed by atoms with E-state index in [1.165, 1.54) is 25.6 Å². The van der Waals surface area contributed by atoms with E-state index in [9.17, 15) is 14.9 Å². The maximum Gasteiger partial charge on any atom is 0.410 e. The van der Waals surface area contributed by atoms with Crippen molar-refractivity contribution in [3.63, 3.8) is 0 Å². The highest BCUT2D eigenvalue weighted by molar-refractivity contribution is 7.16. The maximum absolute atomic E-state index is 12.6. The van der Waals surface area contributed by atoms with Gasteiger partial charge in [-0.15, -0.1) is 11.3 Å². The molecule has 2 aromatic rings. The predicted octanol–water partition coefficient (Wildman–Crippen LogP) is 3.02. The molecule has 1 aliphatic heterocycles. The zero-order valence-corrected chi connectivity index (χ0v) is 17.0. The van der Waals surface area contributed by atoms with Crippen LogP contribution in [0.5, 0.6) is 5.75 Å². The number of nitrogens with one attached hydrogen (secondary N) is 1. The molecule has 0 saturated heterocycles. The summed E-state index contributed by atoms with van der Waals surface area (Å²) in [5, 5.41) is 12.9. The Morgan fingerprint density at radius 3 is 2.86 bits per heavy atom. The van der Waals surface area contributed by atoms with Crippen LogP contribution in [0.4, 0.5) is 9.80 Å². The Bertz CT molecular complexity index is 950. The molecule has 152 valence electrons. The van der Waals surface area contributed by atoms with Gasteiger partial charge in [-0.05, 0) is 30.2 Å². The molecule has 9 heteroatoms. The lowest BCUT2D eigenvalue weighted by molar-refractivity contribution is 0.0691. The average molecular weight is 415 g/mol. The fourth-order valence-corrected chi connectivity index (χ4v) is 4.22. The fraction of sp³-hybridized carbons (Fsp3) is 0.350. The van der Waals surface area contributed by atoms with Crippen molar-refractivity contribution in [2.45, 2.75) is 13.0 Å². The first kappa shape index (κ1) is 20.6. The van der Waals surface area contributed by atoms with Crippen LogP contribution >= 0.6 is 11.3 Å². The van der Waals surface area contributed by atoms with Gasteiger partial charge >= 0.3 is 6.09 Å². The number of benzene rings is 1. The molecular weight excluding hydrogens is 394 g/mol. The third-order valence-corrected chi connectivity index (χ3v) is 5.63. The zero-order chi connectivity index (χ0) is 20.8. The SMILES string of the molecule is COCCOC(=O)N1CCc2c(sc(NC(=O)c3cccc(OC)c3)c2C#N)C1. The number of nitrogens with zero attached hydrogens (tertiary/aromatic N) is 2. The van der Waals surface area contributed by atoms with Crippen molar-refractivity contribution in [2.24, 2.45) is 0 Å². The van der Waals surface area contributed by atoms with Crippen molar-refractivity contribution < 1.29 is 23.8 Å². The lowest BCUT2D eigenvalue weighted by Gasteiger charge is -2.26. The number of methoxy groups -OCH3 is 2. The minimum Gasteiger partial charge on any atom is -0.497 e. The van der Waals surface area contributed by atoms with Gasteiger partial charge in [0.2, 0.25) is 0 Å². The van der Waals surface area contributed by atoms with Crippen LogP contribution in [0.1, 0.15) is 26.4 Å². The molecule has 0 bridgehead atoms. The topological polar surface area (TPSA) is 101 Å². The Morgan fingerprint density at radius 1 is 1.31 bits per heavy atom. The van der Waals surface area contributed by atoms with E-state index in [-0.39, 0.29) is 12.5 Å². The molecule has 29 heavy (non-hydrogen) atoms. The van der Waals surface area contributed by atoms with Crippen LogP contribution in [-0.2, 0) is 22.4 Å². The molecular formula is C20H21N3O5S. The van der Waals surface area contributed by atoms with E-state index in [0.717, 1.165) is 10.4 Å². The van der Waals surface area contributed by atoms with Crippen LogP contribution in [0.25, 0.3) is 0 Å². The summed E-state index contributed by atoms with van der Waals surface area (Å²) in [5.74, 6) is 0.251. The predicted molar refractivity (Wildman–Crippen MR) is 107 cm³/mol. The first-order valence-corrected chi connectivity index (χ1v) is 9.79. The lowest BCUT2D eigenvalue weighted by atomic mass is 10.0. The van der Waals surface area contributed by atoms with Gasteiger partial charge in [-0.3, -0.25) is 4.79 Å². The van der Waals surface area contributed by atoms with Gasteiger partial charge in [0.05, 0.1) is 25.8 Å². The Hall–Kier alpha value is -3.09. The number of thiophene rings is 1. The van der Waals surface area contributed by atoms with Crippen molar-refractivity contribution in [3.05, 3.63) is 45.8 Å². The number of amides is 2. The third kappa shape index (κ3) is 4.67. The summed E-state index contributed by atoms with van der Waals surface area (Å²) in [6.07, 6.45) is 0.116. The lowest BCUT2D eigenvalue weighted by Crippen LogP contribution is -2.36. The summed E-state index contributed by atoms with van der Waals surface area (Å²) < 4.78 is 15.2. The molecule has 0 fully saturated rings. The van der Waals surface area contributed by atoms with E-state index in [1.807, 2.05) is 0 Å². The molecule has 1 aromatic heterocycles. The number of carbonyl (C=O) groups is 2. The van der Waals surface area contributed by atoms with Gasteiger partial charge in [0, 0.05) is 24.1 Å². The largest absolute Gasteiger partial charge is 0.497 e. The highest BCUT2D eigenvalue weighted by Crippen LogP contribution is 2.37. The van der Waals surface area contributed by atoms with Gasteiger partial charge in [-0.25, -0.2) is 4.79 Å². The van der Waals surface area contributed by atoms with Crippen molar-refractivity contribution >= 4 is 28.3 Å². The molecule has 0 unspecified atom stereocenters. The monoisotopic (exact) mass is 415 g/mol. The molecule has 0 aliphatic carbocycles. The van der Waals surface area contributed by atoms with Crippen LogP contribution < -0.4 is 10.1 Å². The van der Waals surface area contributed by atoms with Crippen molar-refractivity contribution in [2.75, 3.05) is 39.3 Å². The molecule has 8 nitrogen and oxygen atoms in total. The Kier molecular flexibility index (Phi) is 6.69. The molecule has 1 N–H and O–H groups in total. The molecule has 2 heterocycles.